The second-order valence-electron chi connectivity index (χ2n) is 6.74. The summed E-state index contributed by atoms with van der Waals surface area (Å²) in [7, 11) is 0. The van der Waals surface area contributed by atoms with E-state index in [2.05, 4.69) is 4.99 Å². The number of carbonyl (C=O) groups excluding carboxylic acids is 1. The maximum Gasteiger partial charge on any atom is 0.335 e. The van der Waals surface area contributed by atoms with E-state index in [1.807, 2.05) is 6.92 Å². The molecule has 0 aliphatic carbocycles. The number of thioether (sulfide) groups is 1. The van der Waals surface area contributed by atoms with Gasteiger partial charge in [-0.2, -0.15) is 0 Å². The molecule has 1 N–H and O–H groups in total. The minimum atomic E-state index is -1.01. The number of benzene rings is 2. The summed E-state index contributed by atoms with van der Waals surface area (Å²) in [6, 6.07) is 14.9. The van der Waals surface area contributed by atoms with Gasteiger partial charge < -0.3 is 9.52 Å². The Hall–Kier alpha value is -3.00. The fourth-order valence-corrected chi connectivity index (χ4v) is 4.36. The SMILES string of the molecule is CCN1C(=O)/C(=C/c2ccc(-c3ccc(Cl)c(Cl)c3)o2)SC1=Nc1ccc(C(=O)O)cc1. The lowest BCUT2D eigenvalue weighted by Gasteiger charge is -2.11. The molecular weight excluding hydrogens is 471 g/mol. The monoisotopic (exact) mass is 486 g/mol. The molecule has 162 valence electrons. The van der Waals surface area contributed by atoms with Gasteiger partial charge in [0.2, 0.25) is 0 Å². The molecule has 1 fully saturated rings. The van der Waals surface area contributed by atoms with E-state index >= 15 is 0 Å². The summed E-state index contributed by atoms with van der Waals surface area (Å²) in [5.41, 5.74) is 1.51. The molecule has 6 nitrogen and oxygen atoms in total. The third-order valence-electron chi connectivity index (χ3n) is 4.65. The molecule has 2 aromatic carbocycles. The molecule has 3 aromatic rings. The van der Waals surface area contributed by atoms with Crippen LogP contribution in [0.4, 0.5) is 5.69 Å². The van der Waals surface area contributed by atoms with Crippen molar-refractivity contribution >= 4 is 63.8 Å². The highest BCUT2D eigenvalue weighted by Gasteiger charge is 2.32. The Morgan fingerprint density at radius 3 is 2.53 bits per heavy atom. The molecule has 0 saturated carbocycles. The molecular formula is C23H16Cl2N2O4S. The summed E-state index contributed by atoms with van der Waals surface area (Å²) in [6.07, 6.45) is 1.67. The lowest BCUT2D eigenvalue weighted by Crippen LogP contribution is -2.28. The van der Waals surface area contributed by atoms with E-state index in [0.717, 1.165) is 5.56 Å². The smallest absolute Gasteiger partial charge is 0.335 e. The van der Waals surface area contributed by atoms with Crippen molar-refractivity contribution in [2.24, 2.45) is 4.99 Å². The lowest BCUT2D eigenvalue weighted by atomic mass is 10.2. The van der Waals surface area contributed by atoms with Crippen LogP contribution in [0.5, 0.6) is 0 Å². The van der Waals surface area contributed by atoms with Crippen LogP contribution in [0.2, 0.25) is 10.0 Å². The van der Waals surface area contributed by atoms with E-state index < -0.39 is 5.97 Å². The van der Waals surface area contributed by atoms with E-state index in [1.54, 1.807) is 53.4 Å². The van der Waals surface area contributed by atoms with Crippen molar-refractivity contribution in [3.8, 4) is 11.3 Å². The van der Waals surface area contributed by atoms with Crippen LogP contribution in [0.1, 0.15) is 23.0 Å². The van der Waals surface area contributed by atoms with Gasteiger partial charge in [0.25, 0.3) is 5.91 Å². The van der Waals surface area contributed by atoms with Crippen molar-refractivity contribution in [3.05, 3.63) is 80.9 Å². The minimum Gasteiger partial charge on any atom is -0.478 e. The summed E-state index contributed by atoms with van der Waals surface area (Å²) in [5.74, 6) is -0.0599. The fourth-order valence-electron chi connectivity index (χ4n) is 3.02. The summed E-state index contributed by atoms with van der Waals surface area (Å²) in [6.45, 7) is 2.31. The summed E-state index contributed by atoms with van der Waals surface area (Å²) in [5, 5.41) is 10.4. The summed E-state index contributed by atoms with van der Waals surface area (Å²) < 4.78 is 5.88. The number of carboxylic acid groups (broad SMARTS) is 1. The largest absolute Gasteiger partial charge is 0.478 e. The van der Waals surface area contributed by atoms with Gasteiger partial charge in [-0.15, -0.1) is 0 Å². The lowest BCUT2D eigenvalue weighted by molar-refractivity contribution is -0.122. The first-order valence-corrected chi connectivity index (χ1v) is 11.1. The average Bonchev–Trinajstić information content (AvgIpc) is 3.35. The maximum atomic E-state index is 12.8. The number of aliphatic imine (C=N–C) groups is 1. The van der Waals surface area contributed by atoms with Gasteiger partial charge in [0, 0.05) is 18.2 Å². The van der Waals surface area contributed by atoms with Gasteiger partial charge in [-0.25, -0.2) is 9.79 Å². The Morgan fingerprint density at radius 2 is 1.88 bits per heavy atom. The molecule has 32 heavy (non-hydrogen) atoms. The number of halogens is 2. The highest BCUT2D eigenvalue weighted by atomic mass is 35.5. The molecule has 0 unspecified atom stereocenters. The number of likely N-dealkylation sites (N-methyl/N-ethyl adjacent to an activating group) is 1. The van der Waals surface area contributed by atoms with E-state index in [-0.39, 0.29) is 11.5 Å². The van der Waals surface area contributed by atoms with Gasteiger partial charge in [0.15, 0.2) is 5.17 Å². The van der Waals surface area contributed by atoms with Crippen LogP contribution in [0.3, 0.4) is 0 Å². The number of carboxylic acids is 1. The zero-order valence-corrected chi connectivity index (χ0v) is 19.0. The Balaban J connectivity index is 1.59. The molecule has 1 aromatic heterocycles. The van der Waals surface area contributed by atoms with Gasteiger partial charge in [-0.05, 0) is 73.3 Å². The molecule has 0 spiro atoms. The van der Waals surface area contributed by atoms with Crippen molar-refractivity contribution in [1.82, 2.24) is 4.90 Å². The van der Waals surface area contributed by atoms with E-state index in [1.165, 1.54) is 23.9 Å². The molecule has 0 atom stereocenters. The highest BCUT2D eigenvalue weighted by Crippen LogP contribution is 2.35. The fraction of sp³-hybridized carbons (Fsp3) is 0.0870. The molecule has 9 heteroatoms. The van der Waals surface area contributed by atoms with Gasteiger partial charge >= 0.3 is 5.97 Å². The predicted molar refractivity (Wildman–Crippen MR) is 128 cm³/mol. The van der Waals surface area contributed by atoms with Crippen molar-refractivity contribution in [2.75, 3.05) is 6.54 Å². The van der Waals surface area contributed by atoms with Crippen LogP contribution >= 0.6 is 35.0 Å². The van der Waals surface area contributed by atoms with Gasteiger partial charge in [0.1, 0.15) is 11.5 Å². The first kappa shape index (κ1) is 22.2. The molecule has 0 bridgehead atoms. The van der Waals surface area contributed by atoms with Crippen LogP contribution in [0.15, 0.2) is 68.9 Å². The molecule has 1 saturated heterocycles. The van der Waals surface area contributed by atoms with Crippen LogP contribution in [0.25, 0.3) is 17.4 Å². The third-order valence-corrected chi connectivity index (χ3v) is 6.39. The first-order valence-electron chi connectivity index (χ1n) is 9.54. The Labute approximate surface area is 198 Å². The normalized spacial score (nSPS) is 16.3. The second-order valence-corrected chi connectivity index (χ2v) is 8.56. The number of aromatic carboxylic acids is 1. The molecule has 2 heterocycles. The van der Waals surface area contributed by atoms with E-state index in [9.17, 15) is 9.59 Å². The Morgan fingerprint density at radius 1 is 1.12 bits per heavy atom. The number of nitrogens with zero attached hydrogens (tertiary/aromatic N) is 2. The average molecular weight is 487 g/mol. The number of furan rings is 1. The Kier molecular flexibility index (Phi) is 6.41. The predicted octanol–water partition coefficient (Wildman–Crippen LogP) is 6.58. The van der Waals surface area contributed by atoms with Crippen molar-refractivity contribution in [2.45, 2.75) is 6.92 Å². The molecule has 0 radical (unpaired) electrons. The summed E-state index contributed by atoms with van der Waals surface area (Å²) >= 11 is 13.3. The van der Waals surface area contributed by atoms with Crippen LogP contribution < -0.4 is 0 Å². The third kappa shape index (κ3) is 4.60. The zero-order valence-electron chi connectivity index (χ0n) is 16.7. The number of carbonyl (C=O) groups is 2. The standard InChI is InChI=1S/C23H16Cl2N2O4S/c1-2-27-21(28)20(32-23(27)26-15-6-3-13(4-7-15)22(29)30)12-16-8-10-19(31-16)14-5-9-17(24)18(25)11-14/h3-12H,2H2,1H3,(H,29,30)/b20-12-,26-23?. The number of amidine groups is 1. The van der Waals surface area contributed by atoms with Crippen molar-refractivity contribution < 1.29 is 19.1 Å². The first-order chi connectivity index (χ1) is 15.4. The summed E-state index contributed by atoms with van der Waals surface area (Å²) in [4.78, 5) is 30.4. The van der Waals surface area contributed by atoms with Gasteiger partial charge in [-0.3, -0.25) is 9.69 Å². The highest BCUT2D eigenvalue weighted by molar-refractivity contribution is 8.18. The molecule has 1 amide bonds. The molecule has 1 aliphatic heterocycles. The van der Waals surface area contributed by atoms with E-state index in [0.29, 0.717) is 43.9 Å². The Bertz CT molecular complexity index is 1270. The van der Waals surface area contributed by atoms with Crippen LogP contribution in [-0.4, -0.2) is 33.6 Å². The minimum absolute atomic E-state index is 0.174. The van der Waals surface area contributed by atoms with Crippen LogP contribution in [0, 0.1) is 0 Å². The molecule has 1 aliphatic rings. The topological polar surface area (TPSA) is 83.1 Å². The zero-order chi connectivity index (χ0) is 22.8. The van der Waals surface area contributed by atoms with Gasteiger partial charge in [0.05, 0.1) is 26.2 Å². The van der Waals surface area contributed by atoms with Crippen LogP contribution in [-0.2, 0) is 4.79 Å². The molecule has 4 rings (SSSR count). The maximum absolute atomic E-state index is 12.8. The quantitative estimate of drug-likeness (QED) is 0.412. The van der Waals surface area contributed by atoms with Gasteiger partial charge in [-0.1, -0.05) is 23.2 Å². The number of rotatable bonds is 5. The number of hydrogen-bond donors (Lipinski definition) is 1. The second kappa shape index (κ2) is 9.24. The van der Waals surface area contributed by atoms with Crippen molar-refractivity contribution in [3.63, 3.8) is 0 Å². The van der Waals surface area contributed by atoms with E-state index in [4.69, 9.17) is 32.7 Å². The van der Waals surface area contributed by atoms with Crippen molar-refractivity contribution in [1.29, 1.82) is 0 Å². The number of hydrogen-bond acceptors (Lipinski definition) is 5. The number of amides is 1.